The van der Waals surface area contributed by atoms with Crippen LogP contribution in [0.3, 0.4) is 0 Å². The molecule has 0 unspecified atom stereocenters. The number of likely N-dealkylation sites (N-methyl/N-ethyl adjacent to an activating group) is 1. The topological polar surface area (TPSA) is 64.4 Å². The van der Waals surface area contributed by atoms with E-state index in [4.69, 9.17) is 16.9 Å². The minimum Gasteiger partial charge on any atom is -0.312 e. The zero-order chi connectivity index (χ0) is 15.4. The summed E-state index contributed by atoms with van der Waals surface area (Å²) in [4.78, 5) is 27.9. The Morgan fingerprint density at radius 3 is 2.48 bits per heavy atom. The van der Waals surface area contributed by atoms with E-state index in [-0.39, 0.29) is 17.0 Å². The largest absolute Gasteiger partial charge is 0.332 e. The zero-order valence-electron chi connectivity index (χ0n) is 11.8. The number of halogens is 1. The molecule has 1 aromatic rings. The summed E-state index contributed by atoms with van der Waals surface area (Å²) in [6.45, 7) is 1.71. The minimum absolute atomic E-state index is 0.190. The predicted molar refractivity (Wildman–Crippen MR) is 78.1 cm³/mol. The van der Waals surface area contributed by atoms with E-state index in [1.807, 2.05) is 6.07 Å². The molecule has 1 heterocycles. The molecule has 2 fully saturated rings. The molecule has 0 radical (unpaired) electrons. The van der Waals surface area contributed by atoms with Crippen molar-refractivity contribution in [2.45, 2.75) is 31.7 Å². The van der Waals surface area contributed by atoms with Crippen LogP contribution in [0.4, 0.5) is 10.5 Å². The third kappa shape index (κ3) is 1.63. The van der Waals surface area contributed by atoms with E-state index in [0.717, 1.165) is 6.42 Å². The first kappa shape index (κ1) is 13.9. The summed E-state index contributed by atoms with van der Waals surface area (Å²) in [5.74, 6) is -0.190. The molecule has 0 bridgehead atoms. The minimum atomic E-state index is -0.677. The van der Waals surface area contributed by atoms with Crippen molar-refractivity contribution < 1.29 is 9.59 Å². The third-order valence-electron chi connectivity index (χ3n) is 4.62. The van der Waals surface area contributed by atoms with E-state index in [9.17, 15) is 9.59 Å². The summed E-state index contributed by atoms with van der Waals surface area (Å²) in [7, 11) is 1.67. The normalized spacial score (nSPS) is 19.9. The van der Waals surface area contributed by atoms with Gasteiger partial charge in [0.15, 0.2) is 0 Å². The zero-order valence-corrected chi connectivity index (χ0v) is 12.6. The molecule has 5 nitrogen and oxygen atoms in total. The molecule has 1 aliphatic carbocycles. The second kappa shape index (κ2) is 4.47. The average molecular weight is 304 g/mol. The van der Waals surface area contributed by atoms with Crippen LogP contribution in [0.25, 0.3) is 0 Å². The monoisotopic (exact) mass is 303 g/mol. The number of carbonyl (C=O) groups is 2. The highest BCUT2D eigenvalue weighted by Crippen LogP contribution is 2.45. The van der Waals surface area contributed by atoms with Crippen LogP contribution in [0.15, 0.2) is 12.1 Å². The molecule has 1 aromatic carbocycles. The molecule has 3 rings (SSSR count). The summed E-state index contributed by atoms with van der Waals surface area (Å²) in [5.41, 5.74) is 0.694. The molecule has 1 aliphatic heterocycles. The van der Waals surface area contributed by atoms with Gasteiger partial charge in [-0.2, -0.15) is 5.26 Å². The number of nitrogens with zero attached hydrogens (tertiary/aromatic N) is 3. The van der Waals surface area contributed by atoms with Crippen molar-refractivity contribution in [3.8, 4) is 6.07 Å². The molecule has 1 spiro atoms. The van der Waals surface area contributed by atoms with Gasteiger partial charge in [0.25, 0.3) is 5.91 Å². The number of amides is 3. The molecule has 0 aromatic heterocycles. The Hall–Kier alpha value is -2.06. The quantitative estimate of drug-likeness (QED) is 0.749. The average Bonchev–Trinajstić information content (AvgIpc) is 2.61. The Morgan fingerprint density at radius 2 is 2.00 bits per heavy atom. The Bertz CT molecular complexity index is 704. The lowest BCUT2D eigenvalue weighted by molar-refractivity contribution is -0.128. The summed E-state index contributed by atoms with van der Waals surface area (Å²) in [5, 5.41) is 9.27. The van der Waals surface area contributed by atoms with Crippen molar-refractivity contribution in [2.75, 3.05) is 11.9 Å². The van der Waals surface area contributed by atoms with E-state index < -0.39 is 5.54 Å². The van der Waals surface area contributed by atoms with Crippen LogP contribution < -0.4 is 4.90 Å². The first-order chi connectivity index (χ1) is 9.94. The summed E-state index contributed by atoms with van der Waals surface area (Å²) < 4.78 is 0. The van der Waals surface area contributed by atoms with Gasteiger partial charge in [-0.15, -0.1) is 0 Å². The van der Waals surface area contributed by atoms with Crippen molar-refractivity contribution in [3.05, 3.63) is 28.3 Å². The molecule has 1 saturated carbocycles. The van der Waals surface area contributed by atoms with Gasteiger partial charge in [0.05, 0.1) is 16.3 Å². The molecular weight excluding hydrogens is 290 g/mol. The number of anilines is 1. The lowest BCUT2D eigenvalue weighted by Crippen LogP contribution is -2.53. The molecule has 0 atom stereocenters. The number of carbonyl (C=O) groups excluding carboxylic acids is 2. The Labute approximate surface area is 127 Å². The molecule has 108 valence electrons. The summed E-state index contributed by atoms with van der Waals surface area (Å²) >= 11 is 6.14. The number of urea groups is 1. The SMILES string of the molecule is Cc1c(N2C(=O)N(C)C3(CCC3)C2=O)ccc(C#N)c1Cl. The van der Waals surface area contributed by atoms with Gasteiger partial charge in [0.1, 0.15) is 11.6 Å². The van der Waals surface area contributed by atoms with Gasteiger partial charge in [-0.3, -0.25) is 4.79 Å². The van der Waals surface area contributed by atoms with Crippen molar-refractivity contribution in [1.29, 1.82) is 5.26 Å². The van der Waals surface area contributed by atoms with Crippen LogP contribution in [-0.2, 0) is 4.79 Å². The van der Waals surface area contributed by atoms with Gasteiger partial charge in [-0.05, 0) is 43.9 Å². The highest BCUT2D eigenvalue weighted by molar-refractivity contribution is 6.33. The van der Waals surface area contributed by atoms with Gasteiger partial charge in [-0.1, -0.05) is 11.6 Å². The Kier molecular flexibility index (Phi) is 2.96. The predicted octanol–water partition coefficient (Wildman–Crippen LogP) is 2.84. The fourth-order valence-electron chi connectivity index (χ4n) is 3.05. The van der Waals surface area contributed by atoms with Gasteiger partial charge in [0.2, 0.25) is 0 Å². The van der Waals surface area contributed by atoms with E-state index >= 15 is 0 Å². The van der Waals surface area contributed by atoms with Crippen molar-refractivity contribution in [3.63, 3.8) is 0 Å². The summed E-state index contributed by atoms with van der Waals surface area (Å²) in [6, 6.07) is 4.81. The molecule has 21 heavy (non-hydrogen) atoms. The van der Waals surface area contributed by atoms with Crippen molar-refractivity contribution in [1.82, 2.24) is 4.90 Å². The van der Waals surface area contributed by atoms with Crippen LogP contribution in [0.2, 0.25) is 5.02 Å². The smallest absolute Gasteiger partial charge is 0.312 e. The van der Waals surface area contributed by atoms with Crippen LogP contribution in [0, 0.1) is 18.3 Å². The van der Waals surface area contributed by atoms with Gasteiger partial charge in [0, 0.05) is 7.05 Å². The van der Waals surface area contributed by atoms with E-state index in [1.54, 1.807) is 20.0 Å². The van der Waals surface area contributed by atoms with Crippen LogP contribution >= 0.6 is 11.6 Å². The number of nitriles is 1. The molecule has 2 aliphatic rings. The second-order valence-corrected chi connectivity index (χ2v) is 5.93. The number of benzene rings is 1. The lowest BCUT2D eigenvalue weighted by atomic mass is 9.76. The first-order valence-corrected chi connectivity index (χ1v) is 7.13. The van der Waals surface area contributed by atoms with E-state index in [0.29, 0.717) is 29.7 Å². The molecule has 0 N–H and O–H groups in total. The van der Waals surface area contributed by atoms with Gasteiger partial charge >= 0.3 is 6.03 Å². The van der Waals surface area contributed by atoms with Gasteiger partial charge < -0.3 is 4.90 Å². The first-order valence-electron chi connectivity index (χ1n) is 6.75. The van der Waals surface area contributed by atoms with Crippen LogP contribution in [-0.4, -0.2) is 29.4 Å². The molecule has 3 amide bonds. The highest BCUT2D eigenvalue weighted by atomic mass is 35.5. The standard InChI is InChI=1S/C15H14ClN3O2/c1-9-11(5-4-10(8-17)12(9)16)19-13(20)15(6-3-7-15)18(2)14(19)21/h4-5H,3,6-7H2,1-2H3. The van der Waals surface area contributed by atoms with Crippen LogP contribution in [0.1, 0.15) is 30.4 Å². The number of hydrogen-bond donors (Lipinski definition) is 0. The van der Waals surface area contributed by atoms with E-state index in [2.05, 4.69) is 0 Å². The number of imide groups is 1. The van der Waals surface area contributed by atoms with Gasteiger partial charge in [-0.25, -0.2) is 9.69 Å². The Morgan fingerprint density at radius 1 is 1.33 bits per heavy atom. The molecule has 1 saturated heterocycles. The lowest BCUT2D eigenvalue weighted by Gasteiger charge is -2.40. The fourth-order valence-corrected chi connectivity index (χ4v) is 3.25. The van der Waals surface area contributed by atoms with Crippen LogP contribution in [0.5, 0.6) is 0 Å². The fraction of sp³-hybridized carbons (Fsp3) is 0.400. The maximum Gasteiger partial charge on any atom is 0.332 e. The molecular formula is C15H14ClN3O2. The number of rotatable bonds is 1. The Balaban J connectivity index is 2.10. The van der Waals surface area contributed by atoms with E-state index in [1.165, 1.54) is 15.9 Å². The maximum absolute atomic E-state index is 12.7. The van der Waals surface area contributed by atoms with Crippen molar-refractivity contribution in [2.24, 2.45) is 0 Å². The maximum atomic E-state index is 12.7. The molecule has 6 heteroatoms. The van der Waals surface area contributed by atoms with Crippen molar-refractivity contribution >= 4 is 29.2 Å². The summed E-state index contributed by atoms with van der Waals surface area (Å²) in [6.07, 6.45) is 2.35. The number of hydrogen-bond acceptors (Lipinski definition) is 3. The highest BCUT2D eigenvalue weighted by Gasteiger charge is 2.59. The third-order valence-corrected chi connectivity index (χ3v) is 5.11. The second-order valence-electron chi connectivity index (χ2n) is 5.55.